The molecule has 0 saturated heterocycles. The largest absolute Gasteiger partial charge is 0.493 e. The predicted molar refractivity (Wildman–Crippen MR) is 88.2 cm³/mol. The van der Waals surface area contributed by atoms with E-state index in [2.05, 4.69) is 5.32 Å². The molecule has 120 valence electrons. The first-order valence-electron chi connectivity index (χ1n) is 7.91. The minimum atomic E-state index is -0.0339. The Balaban J connectivity index is 1.99. The fraction of sp³-hybridized carbons (Fsp3) is 0.500. The van der Waals surface area contributed by atoms with Crippen molar-refractivity contribution in [3.05, 3.63) is 29.8 Å². The number of benzene rings is 1. The molecule has 0 aliphatic heterocycles. The first-order valence-corrected chi connectivity index (χ1v) is 7.91. The lowest BCUT2D eigenvalue weighted by Crippen LogP contribution is -2.30. The maximum absolute atomic E-state index is 11.9. The molecule has 0 bridgehead atoms. The molecule has 1 N–H and O–H groups in total. The van der Waals surface area contributed by atoms with Gasteiger partial charge in [-0.2, -0.15) is 0 Å². The number of hydrogen-bond donors (Lipinski definition) is 1. The molecular weight excluding hydrogens is 278 g/mol. The van der Waals surface area contributed by atoms with Crippen molar-refractivity contribution < 1.29 is 14.3 Å². The average molecular weight is 303 g/mol. The first kappa shape index (κ1) is 16.4. The van der Waals surface area contributed by atoms with Gasteiger partial charge in [0, 0.05) is 12.1 Å². The van der Waals surface area contributed by atoms with Crippen LogP contribution in [0.4, 0.5) is 0 Å². The van der Waals surface area contributed by atoms with Crippen LogP contribution in [0.25, 0.3) is 6.08 Å². The molecule has 0 spiro atoms. The number of carbonyl (C=O) groups excluding carboxylic acids is 1. The maximum Gasteiger partial charge on any atom is 0.244 e. The monoisotopic (exact) mass is 303 g/mol. The van der Waals surface area contributed by atoms with Gasteiger partial charge in [-0.25, -0.2) is 0 Å². The lowest BCUT2D eigenvalue weighted by Gasteiger charge is -2.13. The Kier molecular flexibility index (Phi) is 5.87. The summed E-state index contributed by atoms with van der Waals surface area (Å²) in [7, 11) is 1.61. The molecule has 4 heteroatoms. The van der Waals surface area contributed by atoms with Gasteiger partial charge in [0.1, 0.15) is 0 Å². The highest BCUT2D eigenvalue weighted by atomic mass is 16.5. The molecule has 1 aliphatic carbocycles. The lowest BCUT2D eigenvalue weighted by molar-refractivity contribution is -0.117. The quantitative estimate of drug-likeness (QED) is 0.818. The summed E-state index contributed by atoms with van der Waals surface area (Å²) < 4.78 is 11.0. The van der Waals surface area contributed by atoms with Crippen LogP contribution in [-0.4, -0.2) is 25.2 Å². The molecule has 1 amide bonds. The molecule has 1 aromatic rings. The average Bonchev–Trinajstić information content (AvgIpc) is 2.98. The van der Waals surface area contributed by atoms with Crippen molar-refractivity contribution in [1.29, 1.82) is 0 Å². The lowest BCUT2D eigenvalue weighted by atomic mass is 10.1. The molecule has 22 heavy (non-hydrogen) atoms. The molecule has 1 saturated carbocycles. The summed E-state index contributed by atoms with van der Waals surface area (Å²) in [5.41, 5.74) is 0.912. The number of hydrogen-bond acceptors (Lipinski definition) is 3. The zero-order chi connectivity index (χ0) is 15.9. The topological polar surface area (TPSA) is 47.6 Å². The van der Waals surface area contributed by atoms with Crippen LogP contribution in [0.2, 0.25) is 0 Å². The Hall–Kier alpha value is -1.97. The van der Waals surface area contributed by atoms with Crippen LogP contribution < -0.4 is 14.8 Å². The summed E-state index contributed by atoms with van der Waals surface area (Å²) in [6, 6.07) is 6.00. The van der Waals surface area contributed by atoms with Crippen molar-refractivity contribution in [3.63, 3.8) is 0 Å². The second-order valence-corrected chi connectivity index (χ2v) is 5.90. The molecule has 2 rings (SSSR count). The molecule has 0 atom stereocenters. The third-order valence-corrected chi connectivity index (χ3v) is 3.68. The molecule has 1 fully saturated rings. The minimum Gasteiger partial charge on any atom is -0.493 e. The maximum atomic E-state index is 11.9. The van der Waals surface area contributed by atoms with Gasteiger partial charge in [0.25, 0.3) is 0 Å². The van der Waals surface area contributed by atoms with Crippen LogP contribution in [-0.2, 0) is 4.79 Å². The summed E-state index contributed by atoms with van der Waals surface area (Å²) in [6.07, 6.45) is 8.07. The van der Waals surface area contributed by atoms with E-state index in [1.165, 1.54) is 12.8 Å². The zero-order valence-corrected chi connectivity index (χ0v) is 13.6. The smallest absolute Gasteiger partial charge is 0.244 e. The van der Waals surface area contributed by atoms with Gasteiger partial charge >= 0.3 is 0 Å². The normalized spacial score (nSPS) is 15.5. The van der Waals surface area contributed by atoms with E-state index in [1.54, 1.807) is 19.3 Å². The van der Waals surface area contributed by atoms with E-state index in [0.29, 0.717) is 17.5 Å². The molecule has 0 heterocycles. The van der Waals surface area contributed by atoms with E-state index < -0.39 is 0 Å². The van der Waals surface area contributed by atoms with E-state index in [1.807, 2.05) is 32.0 Å². The van der Waals surface area contributed by atoms with E-state index >= 15 is 0 Å². The number of amides is 1. The van der Waals surface area contributed by atoms with Gasteiger partial charge < -0.3 is 14.8 Å². The SMILES string of the molecule is COc1cc(C=CC(=O)NC2CCCC2)ccc1OC(C)C. The summed E-state index contributed by atoms with van der Waals surface area (Å²) in [6.45, 7) is 3.95. The number of rotatable bonds is 6. The number of methoxy groups -OCH3 is 1. The van der Waals surface area contributed by atoms with E-state index in [9.17, 15) is 4.79 Å². The van der Waals surface area contributed by atoms with Gasteiger partial charge in [-0.3, -0.25) is 4.79 Å². The van der Waals surface area contributed by atoms with Crippen LogP contribution >= 0.6 is 0 Å². The van der Waals surface area contributed by atoms with Crippen molar-refractivity contribution in [2.24, 2.45) is 0 Å². The highest BCUT2D eigenvalue weighted by molar-refractivity contribution is 5.92. The van der Waals surface area contributed by atoms with Gasteiger partial charge in [-0.1, -0.05) is 18.9 Å². The Morgan fingerprint density at radius 3 is 2.64 bits per heavy atom. The van der Waals surface area contributed by atoms with Gasteiger partial charge in [0.05, 0.1) is 13.2 Å². The molecule has 0 radical (unpaired) electrons. The van der Waals surface area contributed by atoms with Crippen molar-refractivity contribution in [2.45, 2.75) is 51.7 Å². The Bertz CT molecular complexity index is 531. The molecular formula is C18H25NO3. The van der Waals surface area contributed by atoms with Crippen molar-refractivity contribution in [3.8, 4) is 11.5 Å². The van der Waals surface area contributed by atoms with Crippen LogP contribution in [0, 0.1) is 0 Å². The number of nitrogens with one attached hydrogen (secondary N) is 1. The van der Waals surface area contributed by atoms with E-state index in [-0.39, 0.29) is 12.0 Å². The zero-order valence-electron chi connectivity index (χ0n) is 13.6. The Morgan fingerprint density at radius 1 is 1.27 bits per heavy atom. The van der Waals surface area contributed by atoms with Gasteiger partial charge in [0.15, 0.2) is 11.5 Å². The third kappa shape index (κ3) is 4.79. The summed E-state index contributed by atoms with van der Waals surface area (Å²) in [5, 5.41) is 3.03. The van der Waals surface area contributed by atoms with Crippen LogP contribution in [0.1, 0.15) is 45.1 Å². The van der Waals surface area contributed by atoms with Gasteiger partial charge in [0.2, 0.25) is 5.91 Å². The van der Waals surface area contributed by atoms with E-state index in [0.717, 1.165) is 18.4 Å². The molecule has 0 unspecified atom stereocenters. The fourth-order valence-electron chi connectivity index (χ4n) is 2.63. The van der Waals surface area contributed by atoms with Crippen LogP contribution in [0.15, 0.2) is 24.3 Å². The molecule has 4 nitrogen and oxygen atoms in total. The summed E-state index contributed by atoms with van der Waals surface area (Å²) in [4.78, 5) is 11.9. The molecule has 1 aliphatic rings. The summed E-state index contributed by atoms with van der Waals surface area (Å²) >= 11 is 0. The molecule has 1 aromatic carbocycles. The van der Waals surface area contributed by atoms with Crippen LogP contribution in [0.3, 0.4) is 0 Å². The van der Waals surface area contributed by atoms with Crippen molar-refractivity contribution in [2.75, 3.05) is 7.11 Å². The number of ether oxygens (including phenoxy) is 2. The first-order chi connectivity index (χ1) is 10.6. The van der Waals surface area contributed by atoms with Gasteiger partial charge in [-0.05, 0) is 50.5 Å². The standard InChI is InChI=1S/C18H25NO3/c1-13(2)22-16-10-8-14(12-17(16)21-3)9-11-18(20)19-15-6-4-5-7-15/h8-13,15H,4-7H2,1-3H3,(H,19,20). The summed E-state index contributed by atoms with van der Waals surface area (Å²) in [5.74, 6) is 1.35. The Labute approximate surface area is 132 Å². The fourth-order valence-corrected chi connectivity index (χ4v) is 2.63. The van der Waals surface area contributed by atoms with Crippen LogP contribution in [0.5, 0.6) is 11.5 Å². The number of carbonyl (C=O) groups is 1. The molecule has 0 aromatic heterocycles. The highest BCUT2D eigenvalue weighted by Gasteiger charge is 2.15. The minimum absolute atomic E-state index is 0.0339. The van der Waals surface area contributed by atoms with Gasteiger partial charge in [-0.15, -0.1) is 0 Å². The third-order valence-electron chi connectivity index (χ3n) is 3.68. The second-order valence-electron chi connectivity index (χ2n) is 5.90. The second kappa shape index (κ2) is 7.87. The van der Waals surface area contributed by atoms with Crippen molar-refractivity contribution in [1.82, 2.24) is 5.32 Å². The van der Waals surface area contributed by atoms with E-state index in [4.69, 9.17) is 9.47 Å². The Morgan fingerprint density at radius 2 is 2.00 bits per heavy atom. The highest BCUT2D eigenvalue weighted by Crippen LogP contribution is 2.29. The predicted octanol–water partition coefficient (Wildman–Crippen LogP) is 3.55. The van der Waals surface area contributed by atoms with Crippen molar-refractivity contribution >= 4 is 12.0 Å².